The number of benzene rings is 1. The molecule has 0 saturated heterocycles. The lowest BCUT2D eigenvalue weighted by Crippen LogP contribution is -2.05. The lowest BCUT2D eigenvalue weighted by atomic mass is 10.2. The Balaban J connectivity index is 2.66. The molecule has 0 aliphatic rings. The maximum Gasteiger partial charge on any atom is 0.355 e. The summed E-state index contributed by atoms with van der Waals surface area (Å²) in [5.41, 5.74) is 0.590. The normalized spacial score (nSPS) is 10.5. The predicted molar refractivity (Wildman–Crippen MR) is 65.6 cm³/mol. The number of aromatic carboxylic acids is 1. The second kappa shape index (κ2) is 4.39. The van der Waals surface area contributed by atoms with Gasteiger partial charge in [-0.1, -0.05) is 35.3 Å². The first-order valence-electron chi connectivity index (χ1n) is 4.72. The van der Waals surface area contributed by atoms with Gasteiger partial charge in [0.15, 0.2) is 10.8 Å². The third-order valence-electron chi connectivity index (χ3n) is 2.37. The summed E-state index contributed by atoms with van der Waals surface area (Å²) in [4.78, 5) is 15.0. The van der Waals surface area contributed by atoms with Crippen LogP contribution in [0.1, 0.15) is 10.5 Å². The maximum atomic E-state index is 11.0. The van der Waals surface area contributed by atoms with Crippen molar-refractivity contribution in [2.45, 2.75) is 0 Å². The van der Waals surface area contributed by atoms with Crippen LogP contribution in [0.25, 0.3) is 11.4 Å². The molecule has 2 rings (SSSR count). The molecule has 0 unspecified atom stereocenters. The Kier molecular flexibility index (Phi) is 3.09. The molecule has 1 aromatic heterocycles. The standard InChI is InChI=1S/C11H8Cl2N2O2/c1-15-8(11(16)17)9(13)14-10(15)6-4-2-3-5-7(6)12/h2-5H,1H3,(H,16,17). The van der Waals surface area contributed by atoms with Gasteiger partial charge in [-0.25, -0.2) is 9.78 Å². The molecule has 0 atom stereocenters. The van der Waals surface area contributed by atoms with Crippen molar-refractivity contribution in [3.8, 4) is 11.4 Å². The molecule has 1 N–H and O–H groups in total. The minimum Gasteiger partial charge on any atom is -0.476 e. The molecular weight excluding hydrogens is 263 g/mol. The minimum absolute atomic E-state index is 0.0464. The van der Waals surface area contributed by atoms with Crippen molar-refractivity contribution < 1.29 is 9.90 Å². The maximum absolute atomic E-state index is 11.0. The van der Waals surface area contributed by atoms with Crippen LogP contribution < -0.4 is 0 Å². The number of carboxylic acids is 1. The highest BCUT2D eigenvalue weighted by molar-refractivity contribution is 6.34. The summed E-state index contributed by atoms with van der Waals surface area (Å²) in [6.45, 7) is 0. The monoisotopic (exact) mass is 270 g/mol. The fourth-order valence-electron chi connectivity index (χ4n) is 1.58. The largest absolute Gasteiger partial charge is 0.476 e. The fraction of sp³-hybridized carbons (Fsp3) is 0.0909. The summed E-state index contributed by atoms with van der Waals surface area (Å²) in [5.74, 6) is -0.693. The van der Waals surface area contributed by atoms with Crippen LogP contribution in [-0.2, 0) is 7.05 Å². The molecule has 0 aliphatic heterocycles. The van der Waals surface area contributed by atoms with Crippen molar-refractivity contribution in [1.82, 2.24) is 9.55 Å². The van der Waals surface area contributed by atoms with Gasteiger partial charge in [-0.3, -0.25) is 0 Å². The summed E-state index contributed by atoms with van der Waals surface area (Å²) < 4.78 is 1.41. The van der Waals surface area contributed by atoms with Gasteiger partial charge >= 0.3 is 5.97 Å². The Labute approximate surface area is 107 Å². The van der Waals surface area contributed by atoms with E-state index in [2.05, 4.69) is 4.98 Å². The van der Waals surface area contributed by atoms with Crippen molar-refractivity contribution in [1.29, 1.82) is 0 Å². The predicted octanol–water partition coefficient (Wildman–Crippen LogP) is 3.09. The summed E-state index contributed by atoms with van der Waals surface area (Å²) in [7, 11) is 1.58. The van der Waals surface area contributed by atoms with Gasteiger partial charge in [0.1, 0.15) is 5.82 Å². The van der Waals surface area contributed by atoms with Crippen LogP contribution in [0.5, 0.6) is 0 Å². The van der Waals surface area contributed by atoms with Gasteiger partial charge in [0.25, 0.3) is 0 Å². The van der Waals surface area contributed by atoms with Crippen LogP contribution >= 0.6 is 23.2 Å². The van der Waals surface area contributed by atoms with Crippen LogP contribution in [-0.4, -0.2) is 20.6 Å². The zero-order chi connectivity index (χ0) is 12.6. The number of rotatable bonds is 2. The zero-order valence-electron chi connectivity index (χ0n) is 8.82. The SMILES string of the molecule is Cn1c(-c2ccccc2Cl)nc(Cl)c1C(=O)O. The van der Waals surface area contributed by atoms with Crippen LogP contribution in [0.2, 0.25) is 10.2 Å². The highest BCUT2D eigenvalue weighted by Crippen LogP contribution is 2.29. The molecular formula is C11H8Cl2N2O2. The molecule has 6 heteroatoms. The van der Waals surface area contributed by atoms with Gasteiger partial charge in [-0.05, 0) is 12.1 Å². The third-order valence-corrected chi connectivity index (χ3v) is 2.96. The van der Waals surface area contributed by atoms with E-state index in [0.29, 0.717) is 16.4 Å². The van der Waals surface area contributed by atoms with Crippen LogP contribution in [0.3, 0.4) is 0 Å². The number of imidazole rings is 1. The van der Waals surface area contributed by atoms with Crippen molar-refractivity contribution in [3.05, 3.63) is 40.1 Å². The number of aromatic nitrogens is 2. The first kappa shape index (κ1) is 12.0. The van der Waals surface area contributed by atoms with E-state index >= 15 is 0 Å². The molecule has 0 spiro atoms. The first-order chi connectivity index (χ1) is 8.02. The molecule has 17 heavy (non-hydrogen) atoms. The minimum atomic E-state index is -1.12. The fourth-order valence-corrected chi connectivity index (χ4v) is 2.09. The highest BCUT2D eigenvalue weighted by Gasteiger charge is 2.20. The van der Waals surface area contributed by atoms with E-state index < -0.39 is 5.97 Å². The molecule has 4 nitrogen and oxygen atoms in total. The molecule has 0 aliphatic carbocycles. The Morgan fingerprint density at radius 2 is 2.00 bits per heavy atom. The van der Waals surface area contributed by atoms with E-state index in [0.717, 1.165) is 0 Å². The second-order valence-electron chi connectivity index (χ2n) is 3.42. The summed E-state index contributed by atoms with van der Waals surface area (Å²) in [5, 5.41) is 9.45. The van der Waals surface area contributed by atoms with E-state index in [1.807, 2.05) is 0 Å². The lowest BCUT2D eigenvalue weighted by molar-refractivity contribution is 0.0687. The Bertz CT molecular complexity index is 593. The van der Waals surface area contributed by atoms with Crippen molar-refractivity contribution in [2.24, 2.45) is 7.05 Å². The smallest absolute Gasteiger partial charge is 0.355 e. The molecule has 0 bridgehead atoms. The van der Waals surface area contributed by atoms with Gasteiger partial charge in [0, 0.05) is 12.6 Å². The molecule has 1 aromatic carbocycles. The van der Waals surface area contributed by atoms with Crippen molar-refractivity contribution in [3.63, 3.8) is 0 Å². The average Bonchev–Trinajstić information content (AvgIpc) is 2.55. The van der Waals surface area contributed by atoms with Gasteiger partial charge in [-0.2, -0.15) is 0 Å². The van der Waals surface area contributed by atoms with Gasteiger partial charge in [0.05, 0.1) is 5.02 Å². The van der Waals surface area contributed by atoms with E-state index in [4.69, 9.17) is 28.3 Å². The zero-order valence-corrected chi connectivity index (χ0v) is 10.3. The van der Waals surface area contributed by atoms with Gasteiger partial charge < -0.3 is 9.67 Å². The average molecular weight is 271 g/mol. The Hall–Kier alpha value is -1.52. The number of carbonyl (C=O) groups is 1. The molecule has 1 heterocycles. The number of nitrogens with zero attached hydrogens (tertiary/aromatic N) is 2. The lowest BCUT2D eigenvalue weighted by Gasteiger charge is -2.04. The quantitative estimate of drug-likeness (QED) is 0.913. The topological polar surface area (TPSA) is 55.1 Å². The molecule has 2 aromatic rings. The van der Waals surface area contributed by atoms with E-state index in [-0.39, 0.29) is 10.8 Å². The molecule has 88 valence electrons. The van der Waals surface area contributed by atoms with Crippen molar-refractivity contribution >= 4 is 29.2 Å². The molecule has 0 amide bonds. The van der Waals surface area contributed by atoms with Crippen LogP contribution in [0, 0.1) is 0 Å². The molecule has 0 fully saturated rings. The summed E-state index contributed by atoms with van der Waals surface area (Å²) >= 11 is 11.8. The van der Waals surface area contributed by atoms with E-state index in [1.165, 1.54) is 4.57 Å². The van der Waals surface area contributed by atoms with E-state index in [1.54, 1.807) is 31.3 Å². The number of hydrogen-bond donors (Lipinski definition) is 1. The summed E-state index contributed by atoms with van der Waals surface area (Å²) in [6.07, 6.45) is 0. The molecule has 0 saturated carbocycles. The Morgan fingerprint density at radius 3 is 2.53 bits per heavy atom. The van der Waals surface area contributed by atoms with Gasteiger partial charge in [0.2, 0.25) is 0 Å². The molecule has 0 radical (unpaired) electrons. The van der Waals surface area contributed by atoms with Crippen molar-refractivity contribution in [2.75, 3.05) is 0 Å². The highest BCUT2D eigenvalue weighted by atomic mass is 35.5. The number of halogens is 2. The third kappa shape index (κ3) is 2.01. The Morgan fingerprint density at radius 1 is 1.35 bits per heavy atom. The first-order valence-corrected chi connectivity index (χ1v) is 5.48. The second-order valence-corrected chi connectivity index (χ2v) is 4.18. The van der Waals surface area contributed by atoms with Gasteiger partial charge in [-0.15, -0.1) is 0 Å². The number of hydrogen-bond acceptors (Lipinski definition) is 2. The van der Waals surface area contributed by atoms with Crippen LogP contribution in [0.4, 0.5) is 0 Å². The van der Waals surface area contributed by atoms with Crippen LogP contribution in [0.15, 0.2) is 24.3 Å². The summed E-state index contributed by atoms with van der Waals surface area (Å²) in [6, 6.07) is 7.05. The number of carboxylic acid groups (broad SMARTS) is 1. The van der Waals surface area contributed by atoms with E-state index in [9.17, 15) is 4.79 Å².